The summed E-state index contributed by atoms with van der Waals surface area (Å²) in [6, 6.07) is 6.45. The summed E-state index contributed by atoms with van der Waals surface area (Å²) in [6.07, 6.45) is 0. The number of esters is 1. The van der Waals surface area contributed by atoms with E-state index in [-0.39, 0.29) is 5.91 Å². The molecule has 0 bridgehead atoms. The Morgan fingerprint density at radius 2 is 1.90 bits per heavy atom. The summed E-state index contributed by atoms with van der Waals surface area (Å²) in [4.78, 5) is 23.8. The molecule has 0 aliphatic rings. The van der Waals surface area contributed by atoms with Crippen molar-refractivity contribution in [3.05, 3.63) is 50.7 Å². The van der Waals surface area contributed by atoms with Crippen LogP contribution in [0, 0.1) is 6.92 Å². The Hall–Kier alpha value is -1.85. The average Bonchev–Trinajstić information content (AvgIpc) is 2.79. The Labute approximate surface area is 125 Å². The molecule has 0 fully saturated rings. The van der Waals surface area contributed by atoms with E-state index in [0.717, 1.165) is 5.56 Å². The van der Waals surface area contributed by atoms with E-state index in [1.807, 2.05) is 12.3 Å². The summed E-state index contributed by atoms with van der Waals surface area (Å²) in [7, 11) is 1.32. The third-order valence-corrected chi connectivity index (χ3v) is 4.36. The van der Waals surface area contributed by atoms with Crippen LogP contribution in [0.1, 0.15) is 25.6 Å². The number of aryl methyl sites for hydroxylation is 1. The van der Waals surface area contributed by atoms with Gasteiger partial charge in [0, 0.05) is 5.69 Å². The van der Waals surface area contributed by atoms with Crippen molar-refractivity contribution in [2.45, 2.75) is 6.92 Å². The smallest absolute Gasteiger partial charge is 0.337 e. The molecule has 0 aliphatic carbocycles. The Balaban J connectivity index is 2.12. The van der Waals surface area contributed by atoms with Crippen molar-refractivity contribution in [1.82, 2.24) is 0 Å². The highest BCUT2D eigenvalue weighted by Crippen LogP contribution is 2.27. The number of methoxy groups -OCH3 is 1. The lowest BCUT2D eigenvalue weighted by molar-refractivity contribution is 0.0600. The van der Waals surface area contributed by atoms with Gasteiger partial charge in [-0.25, -0.2) is 4.79 Å². The number of rotatable bonds is 3. The van der Waals surface area contributed by atoms with Gasteiger partial charge in [-0.15, -0.1) is 11.3 Å². The standard InChI is InChI=1S/C14H12ClNO3S/c1-8-7-20-12(11(8)15)13(17)16-10-5-3-9(4-6-10)14(18)19-2/h3-7H,1-2H3,(H,16,17). The number of halogens is 1. The van der Waals surface area contributed by atoms with Crippen molar-refractivity contribution in [2.24, 2.45) is 0 Å². The fourth-order valence-corrected chi connectivity index (χ4v) is 2.75. The van der Waals surface area contributed by atoms with E-state index < -0.39 is 5.97 Å². The molecule has 6 heteroatoms. The molecule has 1 aromatic carbocycles. The first-order valence-electron chi connectivity index (χ1n) is 5.76. The number of carbonyl (C=O) groups excluding carboxylic acids is 2. The maximum atomic E-state index is 12.0. The molecule has 20 heavy (non-hydrogen) atoms. The molecule has 0 saturated heterocycles. The fourth-order valence-electron chi connectivity index (χ4n) is 1.58. The van der Waals surface area contributed by atoms with Gasteiger partial charge in [-0.2, -0.15) is 0 Å². The molecule has 0 atom stereocenters. The molecule has 104 valence electrons. The predicted octanol–water partition coefficient (Wildman–Crippen LogP) is 3.75. The third kappa shape index (κ3) is 3.00. The molecule has 0 spiro atoms. The van der Waals surface area contributed by atoms with Gasteiger partial charge >= 0.3 is 5.97 Å². The molecule has 0 aliphatic heterocycles. The van der Waals surface area contributed by atoms with E-state index in [4.69, 9.17) is 11.6 Å². The van der Waals surface area contributed by atoms with Gasteiger partial charge in [-0.1, -0.05) is 11.6 Å². The highest BCUT2D eigenvalue weighted by Gasteiger charge is 2.15. The molecule has 2 aromatic rings. The van der Waals surface area contributed by atoms with E-state index in [2.05, 4.69) is 10.1 Å². The zero-order valence-electron chi connectivity index (χ0n) is 10.9. The third-order valence-electron chi connectivity index (χ3n) is 2.67. The van der Waals surface area contributed by atoms with E-state index in [1.54, 1.807) is 24.3 Å². The minimum absolute atomic E-state index is 0.265. The number of ether oxygens (including phenoxy) is 1. The lowest BCUT2D eigenvalue weighted by Crippen LogP contribution is -2.11. The Morgan fingerprint density at radius 1 is 1.25 bits per heavy atom. The van der Waals surface area contributed by atoms with Crippen molar-refractivity contribution in [3.63, 3.8) is 0 Å². The maximum absolute atomic E-state index is 12.0. The summed E-state index contributed by atoms with van der Waals surface area (Å²) < 4.78 is 4.60. The van der Waals surface area contributed by atoms with Crippen LogP contribution in [0.4, 0.5) is 5.69 Å². The molecular weight excluding hydrogens is 298 g/mol. The number of thiophene rings is 1. The maximum Gasteiger partial charge on any atom is 0.337 e. The van der Waals surface area contributed by atoms with Crippen LogP contribution >= 0.6 is 22.9 Å². The predicted molar refractivity (Wildman–Crippen MR) is 79.8 cm³/mol. The van der Waals surface area contributed by atoms with Crippen LogP contribution in [0.5, 0.6) is 0 Å². The minimum atomic E-state index is -0.417. The Kier molecular flexibility index (Phi) is 4.42. The highest BCUT2D eigenvalue weighted by molar-refractivity contribution is 7.13. The fraction of sp³-hybridized carbons (Fsp3) is 0.143. The molecule has 0 unspecified atom stereocenters. The van der Waals surface area contributed by atoms with Crippen LogP contribution in [0.3, 0.4) is 0 Å². The summed E-state index contributed by atoms with van der Waals surface area (Å²) in [6.45, 7) is 1.85. The van der Waals surface area contributed by atoms with Crippen LogP contribution in [-0.2, 0) is 4.74 Å². The van der Waals surface area contributed by atoms with Crippen molar-refractivity contribution in [3.8, 4) is 0 Å². The Morgan fingerprint density at radius 3 is 2.40 bits per heavy atom. The number of carbonyl (C=O) groups is 2. The molecule has 4 nitrogen and oxygen atoms in total. The van der Waals surface area contributed by atoms with E-state index in [0.29, 0.717) is 21.2 Å². The number of benzene rings is 1. The van der Waals surface area contributed by atoms with Crippen LogP contribution in [0.15, 0.2) is 29.6 Å². The zero-order chi connectivity index (χ0) is 14.7. The van der Waals surface area contributed by atoms with Gasteiger partial charge in [0.25, 0.3) is 5.91 Å². The summed E-state index contributed by atoms with van der Waals surface area (Å²) >= 11 is 7.34. The second-order valence-corrected chi connectivity index (χ2v) is 5.34. The lowest BCUT2D eigenvalue weighted by atomic mass is 10.2. The molecule has 0 saturated carbocycles. The second kappa shape index (κ2) is 6.07. The highest BCUT2D eigenvalue weighted by atomic mass is 35.5. The number of amides is 1. The first-order valence-corrected chi connectivity index (χ1v) is 7.02. The molecule has 1 heterocycles. The van der Waals surface area contributed by atoms with Crippen LogP contribution in [-0.4, -0.2) is 19.0 Å². The van der Waals surface area contributed by atoms with Crippen LogP contribution < -0.4 is 5.32 Å². The number of anilines is 1. The van der Waals surface area contributed by atoms with Crippen molar-refractivity contribution in [1.29, 1.82) is 0 Å². The molecule has 1 amide bonds. The average molecular weight is 310 g/mol. The Bertz CT molecular complexity index is 649. The van der Waals surface area contributed by atoms with Gasteiger partial charge < -0.3 is 10.1 Å². The van der Waals surface area contributed by atoms with Crippen molar-refractivity contribution in [2.75, 3.05) is 12.4 Å². The first kappa shape index (κ1) is 14.6. The minimum Gasteiger partial charge on any atom is -0.465 e. The molecule has 0 radical (unpaired) electrons. The van der Waals surface area contributed by atoms with E-state index >= 15 is 0 Å². The normalized spacial score (nSPS) is 10.2. The molecule has 1 aromatic heterocycles. The number of nitrogens with one attached hydrogen (secondary N) is 1. The van der Waals surface area contributed by atoms with Crippen LogP contribution in [0.25, 0.3) is 0 Å². The number of hydrogen-bond acceptors (Lipinski definition) is 4. The lowest BCUT2D eigenvalue weighted by Gasteiger charge is -2.05. The van der Waals surface area contributed by atoms with Crippen molar-refractivity contribution >= 4 is 40.5 Å². The van der Waals surface area contributed by atoms with Crippen molar-refractivity contribution < 1.29 is 14.3 Å². The topological polar surface area (TPSA) is 55.4 Å². The molecular formula is C14H12ClNO3S. The quantitative estimate of drug-likeness (QED) is 0.879. The van der Waals surface area contributed by atoms with Gasteiger partial charge in [0.15, 0.2) is 0 Å². The molecule has 2 rings (SSSR count). The summed E-state index contributed by atoms with van der Waals surface area (Å²) in [5.41, 5.74) is 1.89. The van der Waals surface area contributed by atoms with Gasteiger partial charge in [-0.3, -0.25) is 4.79 Å². The largest absolute Gasteiger partial charge is 0.465 e. The van der Waals surface area contributed by atoms with E-state index in [1.165, 1.54) is 18.4 Å². The van der Waals surface area contributed by atoms with Gasteiger partial charge in [0.05, 0.1) is 17.7 Å². The number of hydrogen-bond donors (Lipinski definition) is 1. The molecule has 1 N–H and O–H groups in total. The van der Waals surface area contributed by atoms with Crippen LogP contribution in [0.2, 0.25) is 5.02 Å². The SMILES string of the molecule is COC(=O)c1ccc(NC(=O)c2scc(C)c2Cl)cc1. The van der Waals surface area contributed by atoms with Gasteiger partial charge in [0.1, 0.15) is 4.88 Å². The van der Waals surface area contributed by atoms with E-state index in [9.17, 15) is 9.59 Å². The first-order chi connectivity index (χ1) is 9.52. The second-order valence-electron chi connectivity index (χ2n) is 4.08. The zero-order valence-corrected chi connectivity index (χ0v) is 12.5. The van der Waals surface area contributed by atoms with Gasteiger partial charge in [-0.05, 0) is 42.1 Å². The summed E-state index contributed by atoms with van der Waals surface area (Å²) in [5, 5.41) is 5.03. The van der Waals surface area contributed by atoms with Gasteiger partial charge in [0.2, 0.25) is 0 Å². The monoisotopic (exact) mass is 309 g/mol. The summed E-state index contributed by atoms with van der Waals surface area (Å²) in [5.74, 6) is -0.682.